The molecule has 1 aliphatic carbocycles. The molecule has 1 amide bonds. The van der Waals surface area contributed by atoms with E-state index in [0.29, 0.717) is 11.3 Å². The third-order valence-corrected chi connectivity index (χ3v) is 7.48. The van der Waals surface area contributed by atoms with Crippen molar-refractivity contribution >= 4 is 27.5 Å². The summed E-state index contributed by atoms with van der Waals surface area (Å²) >= 11 is 1.47. The number of fused-ring (bicyclic) bond motifs is 2. The summed E-state index contributed by atoms with van der Waals surface area (Å²) in [5.74, 6) is 1.46. The number of benzene rings is 1. The number of carbonyl (C=O) groups excluding carboxylic acids is 1. The maximum absolute atomic E-state index is 13.2. The van der Waals surface area contributed by atoms with Crippen LogP contribution in [0.3, 0.4) is 0 Å². The van der Waals surface area contributed by atoms with Crippen LogP contribution in [0.25, 0.3) is 21.3 Å². The fourth-order valence-electron chi connectivity index (χ4n) is 4.98. The van der Waals surface area contributed by atoms with Crippen LogP contribution in [0.2, 0.25) is 0 Å². The number of hydrogen-bond acceptors (Lipinski definition) is 4. The minimum atomic E-state index is -0.129. The van der Waals surface area contributed by atoms with E-state index in [1.807, 2.05) is 40.6 Å². The molecule has 0 spiro atoms. The molecule has 1 saturated carbocycles. The number of likely N-dealkylation sites (tertiary alicyclic amines) is 1. The van der Waals surface area contributed by atoms with Crippen molar-refractivity contribution in [1.29, 1.82) is 0 Å². The van der Waals surface area contributed by atoms with Crippen molar-refractivity contribution in [2.24, 2.45) is 11.8 Å². The SMILES string of the molecule is O=C(Cn1cnc2scc(-c3ccccc3)c2c1=O)N1CC[C@@H]2CCCC[C@@H]2C1. The van der Waals surface area contributed by atoms with Gasteiger partial charge < -0.3 is 4.90 Å². The number of thiophene rings is 1. The van der Waals surface area contributed by atoms with Crippen LogP contribution in [0.5, 0.6) is 0 Å². The zero-order valence-corrected chi connectivity index (χ0v) is 17.2. The zero-order valence-electron chi connectivity index (χ0n) is 16.4. The number of nitrogens with zero attached hydrogens (tertiary/aromatic N) is 3. The second-order valence-electron chi connectivity index (χ2n) is 8.31. The van der Waals surface area contributed by atoms with Crippen molar-refractivity contribution in [3.8, 4) is 11.1 Å². The number of hydrogen-bond donors (Lipinski definition) is 0. The predicted molar refractivity (Wildman–Crippen MR) is 116 cm³/mol. The Balaban J connectivity index is 1.40. The van der Waals surface area contributed by atoms with E-state index in [0.717, 1.165) is 41.4 Å². The summed E-state index contributed by atoms with van der Waals surface area (Å²) in [6.45, 7) is 1.74. The highest BCUT2D eigenvalue weighted by molar-refractivity contribution is 7.17. The average molecular weight is 408 g/mol. The van der Waals surface area contributed by atoms with Gasteiger partial charge in [-0.25, -0.2) is 4.98 Å². The Morgan fingerprint density at radius 3 is 2.72 bits per heavy atom. The summed E-state index contributed by atoms with van der Waals surface area (Å²) < 4.78 is 1.48. The van der Waals surface area contributed by atoms with Crippen molar-refractivity contribution in [3.05, 3.63) is 52.4 Å². The van der Waals surface area contributed by atoms with Gasteiger partial charge in [-0.3, -0.25) is 14.2 Å². The normalized spacial score (nSPS) is 21.9. The summed E-state index contributed by atoms with van der Waals surface area (Å²) in [6, 6.07) is 9.89. The van der Waals surface area contributed by atoms with E-state index in [-0.39, 0.29) is 18.0 Å². The first-order chi connectivity index (χ1) is 14.2. The lowest BCUT2D eigenvalue weighted by molar-refractivity contribution is -0.135. The molecule has 1 aromatic carbocycles. The fourth-order valence-corrected chi connectivity index (χ4v) is 5.89. The smallest absolute Gasteiger partial charge is 0.263 e. The molecular weight excluding hydrogens is 382 g/mol. The second kappa shape index (κ2) is 7.75. The highest BCUT2D eigenvalue weighted by Crippen LogP contribution is 2.36. The number of piperidine rings is 1. The van der Waals surface area contributed by atoms with E-state index < -0.39 is 0 Å². The van der Waals surface area contributed by atoms with Crippen LogP contribution < -0.4 is 5.56 Å². The maximum atomic E-state index is 13.2. The largest absolute Gasteiger partial charge is 0.341 e. The van der Waals surface area contributed by atoms with Crippen LogP contribution >= 0.6 is 11.3 Å². The van der Waals surface area contributed by atoms with E-state index in [1.165, 1.54) is 47.9 Å². The topological polar surface area (TPSA) is 55.2 Å². The van der Waals surface area contributed by atoms with Crippen LogP contribution in [0, 0.1) is 11.8 Å². The van der Waals surface area contributed by atoms with E-state index in [9.17, 15) is 9.59 Å². The number of amides is 1. The Morgan fingerprint density at radius 2 is 1.90 bits per heavy atom. The fraction of sp³-hybridized carbons (Fsp3) is 0.435. The summed E-state index contributed by atoms with van der Waals surface area (Å²) in [7, 11) is 0. The molecule has 1 saturated heterocycles. The first-order valence-corrected chi connectivity index (χ1v) is 11.4. The third kappa shape index (κ3) is 3.50. The van der Waals surface area contributed by atoms with E-state index in [4.69, 9.17) is 0 Å². The van der Waals surface area contributed by atoms with E-state index in [1.54, 1.807) is 0 Å². The zero-order chi connectivity index (χ0) is 19.8. The predicted octanol–water partition coefficient (Wildman–Crippen LogP) is 4.16. The Hall–Kier alpha value is -2.47. The van der Waals surface area contributed by atoms with Gasteiger partial charge in [0.25, 0.3) is 5.56 Å². The van der Waals surface area contributed by atoms with Crippen molar-refractivity contribution in [2.45, 2.75) is 38.6 Å². The molecule has 2 atom stereocenters. The number of aromatic nitrogens is 2. The summed E-state index contributed by atoms with van der Waals surface area (Å²) in [6.07, 6.45) is 7.79. The Kier molecular flexibility index (Phi) is 4.96. The molecule has 2 aliphatic rings. The molecule has 5 nitrogen and oxygen atoms in total. The summed E-state index contributed by atoms with van der Waals surface area (Å²) in [4.78, 5) is 33.3. The van der Waals surface area contributed by atoms with E-state index >= 15 is 0 Å². The van der Waals surface area contributed by atoms with Crippen LogP contribution in [0.15, 0.2) is 46.8 Å². The van der Waals surface area contributed by atoms with Gasteiger partial charge in [0.15, 0.2) is 0 Å². The second-order valence-corrected chi connectivity index (χ2v) is 9.16. The molecule has 1 aliphatic heterocycles. The Bertz CT molecular complexity index is 1090. The highest BCUT2D eigenvalue weighted by Gasteiger charge is 2.33. The molecule has 3 aromatic rings. The molecule has 0 radical (unpaired) electrons. The Labute approximate surface area is 174 Å². The van der Waals surface area contributed by atoms with Gasteiger partial charge in [0.05, 0.1) is 11.7 Å². The van der Waals surface area contributed by atoms with Crippen LogP contribution in [-0.4, -0.2) is 33.4 Å². The number of carbonyl (C=O) groups is 1. The van der Waals surface area contributed by atoms with Gasteiger partial charge >= 0.3 is 0 Å². The molecule has 3 heterocycles. The third-order valence-electron chi connectivity index (χ3n) is 6.60. The molecule has 6 heteroatoms. The van der Waals surface area contributed by atoms with Gasteiger partial charge in [-0.2, -0.15) is 0 Å². The monoisotopic (exact) mass is 407 g/mol. The summed E-state index contributed by atoms with van der Waals surface area (Å²) in [5, 5.41) is 2.59. The van der Waals surface area contributed by atoms with Crippen molar-refractivity contribution < 1.29 is 4.79 Å². The lowest BCUT2D eigenvalue weighted by Gasteiger charge is -2.41. The first kappa shape index (κ1) is 18.6. The first-order valence-electron chi connectivity index (χ1n) is 10.5. The molecule has 0 bridgehead atoms. The van der Waals surface area contributed by atoms with Gasteiger partial charge in [0.2, 0.25) is 5.91 Å². The number of rotatable bonds is 3. The van der Waals surface area contributed by atoms with Gasteiger partial charge in [0, 0.05) is 24.0 Å². The van der Waals surface area contributed by atoms with Crippen molar-refractivity contribution in [2.75, 3.05) is 13.1 Å². The molecule has 2 fully saturated rings. The van der Waals surface area contributed by atoms with Crippen LogP contribution in [0.1, 0.15) is 32.1 Å². The van der Waals surface area contributed by atoms with Gasteiger partial charge in [0.1, 0.15) is 11.4 Å². The van der Waals surface area contributed by atoms with Crippen molar-refractivity contribution in [3.63, 3.8) is 0 Å². The average Bonchev–Trinajstić information content (AvgIpc) is 3.21. The highest BCUT2D eigenvalue weighted by atomic mass is 32.1. The molecule has 0 unspecified atom stereocenters. The minimum absolute atomic E-state index is 0.0359. The maximum Gasteiger partial charge on any atom is 0.263 e. The minimum Gasteiger partial charge on any atom is -0.341 e. The Morgan fingerprint density at radius 1 is 1.10 bits per heavy atom. The molecule has 0 N–H and O–H groups in total. The van der Waals surface area contributed by atoms with Crippen molar-refractivity contribution in [1.82, 2.24) is 14.5 Å². The van der Waals surface area contributed by atoms with Crippen LogP contribution in [-0.2, 0) is 11.3 Å². The standard InChI is InChI=1S/C23H25N3O2S/c27-20(25-11-10-16-6-4-5-9-18(16)12-25)13-26-15-24-22-21(23(26)28)19(14-29-22)17-7-2-1-3-8-17/h1-3,7-8,14-16,18H,4-6,9-13H2/t16-,18+/m0/s1. The lowest BCUT2D eigenvalue weighted by atomic mass is 9.75. The lowest BCUT2D eigenvalue weighted by Crippen LogP contribution is -2.46. The molecule has 150 valence electrons. The molecular formula is C23H25N3O2S. The van der Waals surface area contributed by atoms with Crippen LogP contribution in [0.4, 0.5) is 0 Å². The van der Waals surface area contributed by atoms with E-state index in [2.05, 4.69) is 4.98 Å². The molecule has 29 heavy (non-hydrogen) atoms. The molecule has 5 rings (SSSR count). The van der Waals surface area contributed by atoms with Gasteiger partial charge in [-0.1, -0.05) is 49.6 Å². The van der Waals surface area contributed by atoms with Gasteiger partial charge in [-0.15, -0.1) is 11.3 Å². The molecule has 2 aromatic heterocycles. The quantitative estimate of drug-likeness (QED) is 0.655. The van der Waals surface area contributed by atoms with Gasteiger partial charge in [-0.05, 0) is 30.2 Å². The summed E-state index contributed by atoms with van der Waals surface area (Å²) in [5.41, 5.74) is 1.77.